The second-order valence-corrected chi connectivity index (χ2v) is 7.08. The van der Waals surface area contributed by atoms with Crippen LogP contribution in [0, 0.1) is 5.92 Å². The Morgan fingerprint density at radius 1 is 1.17 bits per heavy atom. The minimum absolute atomic E-state index is 0.0252. The van der Waals surface area contributed by atoms with E-state index in [0.717, 1.165) is 24.3 Å². The first-order valence-corrected chi connectivity index (χ1v) is 8.73. The van der Waals surface area contributed by atoms with Crippen molar-refractivity contribution in [2.75, 3.05) is 6.54 Å². The summed E-state index contributed by atoms with van der Waals surface area (Å²) in [4.78, 5) is 26.4. The number of nitrogens with one attached hydrogen (secondary N) is 1. The zero-order valence-corrected chi connectivity index (χ0v) is 14.0. The average Bonchev–Trinajstić information content (AvgIpc) is 3.29. The molecular formula is C19H26N2O2. The van der Waals surface area contributed by atoms with Crippen LogP contribution in [0.1, 0.15) is 56.6 Å². The zero-order chi connectivity index (χ0) is 16.4. The van der Waals surface area contributed by atoms with Crippen molar-refractivity contribution in [2.24, 2.45) is 5.92 Å². The Hall–Kier alpha value is -1.84. The lowest BCUT2D eigenvalue weighted by atomic mass is 10.1. The highest BCUT2D eigenvalue weighted by molar-refractivity contribution is 5.88. The van der Waals surface area contributed by atoms with Crippen molar-refractivity contribution in [3.05, 3.63) is 35.4 Å². The molecule has 1 N–H and O–H groups in total. The standard InChI is InChI=1S/C19H26N2O2/c1-13(2)19(23)21-11-3-4-17(21)18(22)20-12-14-5-7-15(8-6-14)16-9-10-16/h5-8,13,16-17H,3-4,9-12H2,1-2H3,(H,20,22)/t17-/m0/s1. The SMILES string of the molecule is CC(C)C(=O)N1CCC[C@H]1C(=O)NCc1ccc(C2CC2)cc1. The van der Waals surface area contributed by atoms with Crippen LogP contribution in [0.2, 0.25) is 0 Å². The van der Waals surface area contributed by atoms with Crippen molar-refractivity contribution in [1.29, 1.82) is 0 Å². The maximum Gasteiger partial charge on any atom is 0.243 e. The van der Waals surface area contributed by atoms with Gasteiger partial charge in [-0.1, -0.05) is 38.1 Å². The molecule has 1 atom stereocenters. The number of hydrogen-bond donors (Lipinski definition) is 1. The molecule has 4 heteroatoms. The van der Waals surface area contributed by atoms with Crippen LogP contribution in [0.25, 0.3) is 0 Å². The first-order chi connectivity index (χ1) is 11.1. The monoisotopic (exact) mass is 314 g/mol. The molecule has 124 valence electrons. The van der Waals surface area contributed by atoms with Gasteiger partial charge in [-0.3, -0.25) is 9.59 Å². The van der Waals surface area contributed by atoms with E-state index in [0.29, 0.717) is 13.1 Å². The third kappa shape index (κ3) is 3.74. The van der Waals surface area contributed by atoms with Crippen LogP contribution in [0.15, 0.2) is 24.3 Å². The molecule has 1 aromatic rings. The molecule has 4 nitrogen and oxygen atoms in total. The summed E-state index contributed by atoms with van der Waals surface area (Å²) in [6.07, 6.45) is 4.28. The van der Waals surface area contributed by atoms with Gasteiger partial charge in [0.2, 0.25) is 11.8 Å². The molecule has 23 heavy (non-hydrogen) atoms. The summed E-state index contributed by atoms with van der Waals surface area (Å²) in [5.74, 6) is 0.755. The summed E-state index contributed by atoms with van der Waals surface area (Å²) in [7, 11) is 0. The second kappa shape index (κ2) is 6.73. The Balaban J connectivity index is 1.54. The molecule has 0 spiro atoms. The van der Waals surface area contributed by atoms with Crippen LogP contribution in [-0.2, 0) is 16.1 Å². The fourth-order valence-electron chi connectivity index (χ4n) is 3.27. The van der Waals surface area contributed by atoms with Gasteiger partial charge >= 0.3 is 0 Å². The Kier molecular flexibility index (Phi) is 4.69. The van der Waals surface area contributed by atoms with Crippen LogP contribution in [0.5, 0.6) is 0 Å². The van der Waals surface area contributed by atoms with Gasteiger partial charge in [-0.15, -0.1) is 0 Å². The first-order valence-electron chi connectivity index (χ1n) is 8.73. The number of carbonyl (C=O) groups excluding carboxylic acids is 2. The molecule has 3 rings (SSSR count). The number of nitrogens with zero attached hydrogens (tertiary/aromatic N) is 1. The van der Waals surface area contributed by atoms with Crippen LogP contribution in [-0.4, -0.2) is 29.3 Å². The summed E-state index contributed by atoms with van der Waals surface area (Å²) in [6.45, 7) is 5.00. The highest BCUT2D eigenvalue weighted by Crippen LogP contribution is 2.39. The van der Waals surface area contributed by atoms with E-state index in [1.54, 1.807) is 4.90 Å². The number of amides is 2. The average molecular weight is 314 g/mol. The van der Waals surface area contributed by atoms with E-state index in [9.17, 15) is 9.59 Å². The zero-order valence-electron chi connectivity index (χ0n) is 14.0. The molecule has 1 saturated heterocycles. The second-order valence-electron chi connectivity index (χ2n) is 7.08. The van der Waals surface area contributed by atoms with Crippen LogP contribution < -0.4 is 5.32 Å². The van der Waals surface area contributed by atoms with Crippen molar-refractivity contribution in [2.45, 2.75) is 58.0 Å². The van der Waals surface area contributed by atoms with Crippen molar-refractivity contribution < 1.29 is 9.59 Å². The molecule has 0 radical (unpaired) electrons. The van der Waals surface area contributed by atoms with Gasteiger partial charge in [0, 0.05) is 19.0 Å². The molecule has 2 aliphatic rings. The van der Waals surface area contributed by atoms with E-state index in [2.05, 4.69) is 29.6 Å². The number of likely N-dealkylation sites (tertiary alicyclic amines) is 1. The third-order valence-corrected chi connectivity index (χ3v) is 4.83. The number of hydrogen-bond acceptors (Lipinski definition) is 2. The lowest BCUT2D eigenvalue weighted by Gasteiger charge is -2.25. The molecule has 1 saturated carbocycles. The lowest BCUT2D eigenvalue weighted by Crippen LogP contribution is -2.47. The predicted octanol–water partition coefficient (Wildman–Crippen LogP) is 2.83. The molecule has 2 fully saturated rings. The van der Waals surface area contributed by atoms with Crippen molar-refractivity contribution >= 4 is 11.8 Å². The van der Waals surface area contributed by atoms with Crippen LogP contribution in [0.4, 0.5) is 0 Å². The van der Waals surface area contributed by atoms with E-state index in [-0.39, 0.29) is 23.8 Å². The van der Waals surface area contributed by atoms with Gasteiger partial charge in [0.05, 0.1) is 0 Å². The maximum atomic E-state index is 12.4. The van der Waals surface area contributed by atoms with E-state index in [1.165, 1.54) is 18.4 Å². The molecule has 2 amide bonds. The van der Waals surface area contributed by atoms with Gasteiger partial charge in [0.1, 0.15) is 6.04 Å². The summed E-state index contributed by atoms with van der Waals surface area (Å²) in [5.41, 5.74) is 2.52. The van der Waals surface area contributed by atoms with Crippen molar-refractivity contribution in [3.63, 3.8) is 0 Å². The fraction of sp³-hybridized carbons (Fsp3) is 0.579. The van der Waals surface area contributed by atoms with E-state index < -0.39 is 0 Å². The van der Waals surface area contributed by atoms with E-state index >= 15 is 0 Å². The molecule has 1 aliphatic heterocycles. The van der Waals surface area contributed by atoms with Gasteiger partial charge in [0.15, 0.2) is 0 Å². The normalized spacial score (nSPS) is 20.8. The third-order valence-electron chi connectivity index (χ3n) is 4.83. The minimum atomic E-state index is -0.296. The summed E-state index contributed by atoms with van der Waals surface area (Å²) >= 11 is 0. The van der Waals surface area contributed by atoms with Crippen LogP contribution >= 0.6 is 0 Å². The molecule has 1 aromatic carbocycles. The number of rotatable bonds is 5. The highest BCUT2D eigenvalue weighted by Gasteiger charge is 2.34. The molecule has 0 bridgehead atoms. The fourth-order valence-corrected chi connectivity index (χ4v) is 3.27. The topological polar surface area (TPSA) is 49.4 Å². The molecule has 1 heterocycles. The van der Waals surface area contributed by atoms with E-state index in [4.69, 9.17) is 0 Å². The Morgan fingerprint density at radius 3 is 2.48 bits per heavy atom. The largest absolute Gasteiger partial charge is 0.350 e. The van der Waals surface area contributed by atoms with E-state index in [1.807, 2.05) is 13.8 Å². The smallest absolute Gasteiger partial charge is 0.243 e. The predicted molar refractivity (Wildman–Crippen MR) is 89.8 cm³/mol. The first kappa shape index (κ1) is 16.0. The van der Waals surface area contributed by atoms with Gasteiger partial charge in [-0.05, 0) is 42.7 Å². The van der Waals surface area contributed by atoms with Gasteiger partial charge in [0.25, 0.3) is 0 Å². The van der Waals surface area contributed by atoms with Crippen molar-refractivity contribution in [3.8, 4) is 0 Å². The maximum absolute atomic E-state index is 12.4. The van der Waals surface area contributed by atoms with Gasteiger partial charge < -0.3 is 10.2 Å². The summed E-state index contributed by atoms with van der Waals surface area (Å²) < 4.78 is 0. The summed E-state index contributed by atoms with van der Waals surface area (Å²) in [6, 6.07) is 8.24. The number of benzene rings is 1. The Labute approximate surface area is 138 Å². The molecule has 0 unspecified atom stereocenters. The molecule has 1 aliphatic carbocycles. The quantitative estimate of drug-likeness (QED) is 0.908. The summed E-state index contributed by atoms with van der Waals surface area (Å²) in [5, 5.41) is 3.00. The van der Waals surface area contributed by atoms with Gasteiger partial charge in [-0.25, -0.2) is 0 Å². The molecular weight excluding hydrogens is 288 g/mol. The van der Waals surface area contributed by atoms with Gasteiger partial charge in [-0.2, -0.15) is 0 Å². The van der Waals surface area contributed by atoms with Crippen molar-refractivity contribution in [1.82, 2.24) is 10.2 Å². The highest BCUT2D eigenvalue weighted by atomic mass is 16.2. The Morgan fingerprint density at radius 2 is 1.87 bits per heavy atom. The lowest BCUT2D eigenvalue weighted by molar-refractivity contribution is -0.140. The van der Waals surface area contributed by atoms with Crippen LogP contribution in [0.3, 0.4) is 0 Å². The number of carbonyl (C=O) groups is 2. The Bertz CT molecular complexity index is 576. The molecule has 0 aromatic heterocycles. The minimum Gasteiger partial charge on any atom is -0.350 e.